The summed E-state index contributed by atoms with van der Waals surface area (Å²) in [5.74, 6) is 2.29. The molecule has 28 heavy (non-hydrogen) atoms. The number of rotatable bonds is 8. The highest BCUT2D eigenvalue weighted by Crippen LogP contribution is 2.26. The molecule has 5 nitrogen and oxygen atoms in total. The van der Waals surface area contributed by atoms with Gasteiger partial charge in [0.25, 0.3) is 0 Å². The second-order valence-electron chi connectivity index (χ2n) is 7.30. The number of nitrogens with zero attached hydrogens (tertiary/aromatic N) is 3. The third kappa shape index (κ3) is 7.99. The Bertz CT molecular complexity index is 557. The van der Waals surface area contributed by atoms with E-state index in [-0.39, 0.29) is 24.0 Å². The molecule has 2 fully saturated rings. The second kappa shape index (κ2) is 13.5. The van der Waals surface area contributed by atoms with E-state index in [0.29, 0.717) is 0 Å². The molecule has 0 aromatic heterocycles. The molecule has 1 aromatic rings. The Hall–Kier alpha value is -0.670. The maximum Gasteiger partial charge on any atom is 0.191 e. The molecule has 1 aromatic carbocycles. The fraction of sp³-hybridized carbons (Fsp3) is 0.667. The summed E-state index contributed by atoms with van der Waals surface area (Å²) in [5, 5.41) is 7.61. The van der Waals surface area contributed by atoms with Gasteiger partial charge in [-0.1, -0.05) is 18.2 Å². The number of piperazine rings is 1. The molecule has 0 radical (unpaired) electrons. The topological polar surface area (TPSA) is 42.9 Å². The molecule has 2 aliphatic rings. The van der Waals surface area contributed by atoms with Gasteiger partial charge in [-0.2, -0.15) is 11.8 Å². The highest BCUT2D eigenvalue weighted by molar-refractivity contribution is 14.0. The number of thioether (sulfide) groups is 1. The predicted molar refractivity (Wildman–Crippen MR) is 135 cm³/mol. The molecule has 0 aliphatic carbocycles. The largest absolute Gasteiger partial charge is 0.369 e. The molecule has 158 valence electrons. The van der Waals surface area contributed by atoms with Crippen molar-refractivity contribution in [3.05, 3.63) is 30.3 Å². The van der Waals surface area contributed by atoms with E-state index in [1.165, 1.54) is 24.3 Å². The van der Waals surface area contributed by atoms with Crippen LogP contribution in [0, 0.1) is 0 Å². The third-order valence-electron chi connectivity index (χ3n) is 5.26. The maximum atomic E-state index is 4.78. The first kappa shape index (κ1) is 23.6. The summed E-state index contributed by atoms with van der Waals surface area (Å²) >= 11 is 2.07. The molecule has 2 N–H and O–H groups in total. The number of guanidine groups is 1. The average Bonchev–Trinajstić information content (AvgIpc) is 3.24. The molecule has 0 amide bonds. The molecule has 1 atom stereocenters. The first-order valence-corrected chi connectivity index (χ1v) is 11.6. The van der Waals surface area contributed by atoms with Crippen LogP contribution < -0.4 is 15.5 Å². The monoisotopic (exact) mass is 517 g/mol. The first-order chi connectivity index (χ1) is 13.3. The van der Waals surface area contributed by atoms with Crippen LogP contribution >= 0.6 is 35.7 Å². The fourth-order valence-electron chi connectivity index (χ4n) is 3.70. The number of halogens is 1. The molecule has 7 heteroatoms. The predicted octanol–water partition coefficient (Wildman–Crippen LogP) is 3.27. The van der Waals surface area contributed by atoms with Crippen LogP contribution in [0.4, 0.5) is 5.69 Å². The zero-order valence-electron chi connectivity index (χ0n) is 17.1. The number of hydrogen-bond donors (Lipinski definition) is 2. The van der Waals surface area contributed by atoms with Crippen LogP contribution in [-0.2, 0) is 0 Å². The molecular weight excluding hydrogens is 481 g/mol. The summed E-state index contributed by atoms with van der Waals surface area (Å²) < 4.78 is 0. The van der Waals surface area contributed by atoms with Gasteiger partial charge in [-0.15, -0.1) is 24.0 Å². The molecule has 2 heterocycles. The van der Waals surface area contributed by atoms with Crippen molar-refractivity contribution in [2.45, 2.75) is 31.4 Å². The van der Waals surface area contributed by atoms with Gasteiger partial charge in [0, 0.05) is 50.2 Å². The Balaban J connectivity index is 0.00000280. The number of anilines is 1. The summed E-state index contributed by atoms with van der Waals surface area (Å²) in [4.78, 5) is 9.85. The highest BCUT2D eigenvalue weighted by atomic mass is 127. The van der Waals surface area contributed by atoms with Gasteiger partial charge in [0.2, 0.25) is 0 Å². The van der Waals surface area contributed by atoms with Crippen LogP contribution in [0.3, 0.4) is 0 Å². The van der Waals surface area contributed by atoms with E-state index in [2.05, 4.69) is 69.5 Å². The Morgan fingerprint density at radius 3 is 2.61 bits per heavy atom. The summed E-state index contributed by atoms with van der Waals surface area (Å²) in [6, 6.07) is 10.8. The average molecular weight is 518 g/mol. The third-order valence-corrected chi connectivity index (χ3v) is 6.64. The highest BCUT2D eigenvalue weighted by Gasteiger charge is 2.17. The van der Waals surface area contributed by atoms with E-state index < -0.39 is 0 Å². The first-order valence-electron chi connectivity index (χ1n) is 10.5. The number of para-hydroxylation sites is 1. The van der Waals surface area contributed by atoms with Crippen molar-refractivity contribution in [1.82, 2.24) is 15.5 Å². The van der Waals surface area contributed by atoms with Crippen LogP contribution in [0.25, 0.3) is 0 Å². The van der Waals surface area contributed by atoms with Crippen molar-refractivity contribution in [2.75, 3.05) is 63.0 Å². The van der Waals surface area contributed by atoms with Crippen LogP contribution in [-0.4, -0.2) is 74.2 Å². The number of aliphatic imine (C=N–C) groups is 1. The number of benzene rings is 1. The number of nitrogens with one attached hydrogen (secondary N) is 2. The van der Waals surface area contributed by atoms with E-state index >= 15 is 0 Å². The van der Waals surface area contributed by atoms with Crippen molar-refractivity contribution in [3.8, 4) is 0 Å². The van der Waals surface area contributed by atoms with Gasteiger partial charge in [-0.05, 0) is 50.6 Å². The van der Waals surface area contributed by atoms with Crippen LogP contribution in [0.2, 0.25) is 0 Å². The molecule has 0 spiro atoms. The van der Waals surface area contributed by atoms with Crippen LogP contribution in [0.5, 0.6) is 0 Å². The molecule has 3 rings (SSSR count). The van der Waals surface area contributed by atoms with E-state index in [1.807, 2.05) is 0 Å². The smallest absolute Gasteiger partial charge is 0.191 e. The van der Waals surface area contributed by atoms with Gasteiger partial charge in [0.1, 0.15) is 0 Å². The van der Waals surface area contributed by atoms with E-state index in [4.69, 9.17) is 4.99 Å². The minimum Gasteiger partial charge on any atom is -0.369 e. The Labute approximate surface area is 192 Å². The molecular formula is C21H36IN5S. The molecule has 2 saturated heterocycles. The van der Waals surface area contributed by atoms with E-state index in [0.717, 1.165) is 70.0 Å². The van der Waals surface area contributed by atoms with Gasteiger partial charge >= 0.3 is 0 Å². The van der Waals surface area contributed by atoms with Crippen molar-refractivity contribution >= 4 is 47.4 Å². The zero-order chi connectivity index (χ0) is 18.7. The Morgan fingerprint density at radius 2 is 1.93 bits per heavy atom. The van der Waals surface area contributed by atoms with Gasteiger partial charge in [-0.25, -0.2) is 0 Å². The minimum absolute atomic E-state index is 0. The quantitative estimate of drug-likeness (QED) is 0.240. The molecule has 2 aliphatic heterocycles. The minimum atomic E-state index is 0. The molecule has 1 unspecified atom stereocenters. The lowest BCUT2D eigenvalue weighted by atomic mass is 10.2. The fourth-order valence-corrected chi connectivity index (χ4v) is 4.88. The Morgan fingerprint density at radius 1 is 1.14 bits per heavy atom. The standard InChI is InChI=1S/C21H35N5S.HI/c1-2-22-21(24-18-20-10-6-17-27-20)23-11-7-12-25-13-15-26(16-14-25)19-8-4-3-5-9-19;/h3-5,8-9,20H,2,6-7,10-18H2,1H3,(H2,22,23,24);1H. The summed E-state index contributed by atoms with van der Waals surface area (Å²) in [6.45, 7) is 10.7. The zero-order valence-corrected chi connectivity index (χ0v) is 20.3. The summed E-state index contributed by atoms with van der Waals surface area (Å²) in [5.41, 5.74) is 1.35. The molecule has 0 bridgehead atoms. The van der Waals surface area contributed by atoms with Crippen molar-refractivity contribution in [3.63, 3.8) is 0 Å². The molecule has 0 saturated carbocycles. The van der Waals surface area contributed by atoms with Crippen molar-refractivity contribution in [1.29, 1.82) is 0 Å². The lowest BCUT2D eigenvalue weighted by Gasteiger charge is -2.36. The SMILES string of the molecule is CCNC(=NCC1CCCS1)NCCCN1CCN(c2ccccc2)CC1.I. The van der Waals surface area contributed by atoms with Gasteiger partial charge in [-0.3, -0.25) is 9.89 Å². The van der Waals surface area contributed by atoms with Gasteiger partial charge in [0.05, 0.1) is 6.54 Å². The maximum absolute atomic E-state index is 4.78. The van der Waals surface area contributed by atoms with Gasteiger partial charge in [0.15, 0.2) is 5.96 Å². The second-order valence-corrected chi connectivity index (χ2v) is 8.71. The van der Waals surface area contributed by atoms with Crippen molar-refractivity contribution < 1.29 is 0 Å². The lowest BCUT2D eigenvalue weighted by Crippen LogP contribution is -2.47. The van der Waals surface area contributed by atoms with Crippen molar-refractivity contribution in [2.24, 2.45) is 4.99 Å². The summed E-state index contributed by atoms with van der Waals surface area (Å²) in [6.07, 6.45) is 3.84. The lowest BCUT2D eigenvalue weighted by molar-refractivity contribution is 0.255. The van der Waals surface area contributed by atoms with Crippen LogP contribution in [0.1, 0.15) is 26.2 Å². The van der Waals surface area contributed by atoms with E-state index in [9.17, 15) is 0 Å². The summed E-state index contributed by atoms with van der Waals surface area (Å²) in [7, 11) is 0. The number of hydrogen-bond acceptors (Lipinski definition) is 4. The van der Waals surface area contributed by atoms with E-state index in [1.54, 1.807) is 0 Å². The normalized spacial score (nSPS) is 20.7. The van der Waals surface area contributed by atoms with Gasteiger partial charge < -0.3 is 15.5 Å². The van der Waals surface area contributed by atoms with Crippen LogP contribution in [0.15, 0.2) is 35.3 Å². The Kier molecular flexibility index (Phi) is 11.4.